The molecule has 0 bridgehead atoms. The topological polar surface area (TPSA) is 78.5 Å². The highest BCUT2D eigenvalue weighted by Crippen LogP contribution is 2.25. The van der Waals surface area contributed by atoms with E-state index in [1.165, 1.54) is 6.42 Å². The van der Waals surface area contributed by atoms with Gasteiger partial charge in [0, 0.05) is 11.1 Å². The largest absolute Gasteiger partial charge is 0.352 e. The molecule has 1 saturated carbocycles. The first-order chi connectivity index (χ1) is 12.4. The Morgan fingerprint density at radius 1 is 1.23 bits per heavy atom. The number of halogens is 1. The molecule has 3 rings (SSSR count). The molecule has 1 aromatic rings. The van der Waals surface area contributed by atoms with Gasteiger partial charge in [-0.05, 0) is 36.5 Å². The van der Waals surface area contributed by atoms with Crippen molar-refractivity contribution in [3.8, 4) is 0 Å². The lowest BCUT2D eigenvalue weighted by Gasteiger charge is -2.33. The molecule has 26 heavy (non-hydrogen) atoms. The fourth-order valence-corrected chi connectivity index (χ4v) is 3.79. The molecule has 2 fully saturated rings. The Bertz CT molecular complexity index is 674. The van der Waals surface area contributed by atoms with E-state index in [2.05, 4.69) is 17.6 Å². The van der Waals surface area contributed by atoms with Crippen LogP contribution in [0.3, 0.4) is 0 Å². The van der Waals surface area contributed by atoms with Crippen molar-refractivity contribution in [2.45, 2.75) is 51.1 Å². The van der Waals surface area contributed by atoms with Gasteiger partial charge in [0.2, 0.25) is 11.8 Å². The second kappa shape index (κ2) is 8.08. The summed E-state index contributed by atoms with van der Waals surface area (Å²) in [7, 11) is 0. The highest BCUT2D eigenvalue weighted by molar-refractivity contribution is 6.30. The predicted molar refractivity (Wildman–Crippen MR) is 98.6 cm³/mol. The van der Waals surface area contributed by atoms with Crippen LogP contribution in [0.1, 0.15) is 50.6 Å². The molecule has 1 heterocycles. The Morgan fingerprint density at radius 3 is 2.58 bits per heavy atom. The summed E-state index contributed by atoms with van der Waals surface area (Å²) >= 11 is 5.87. The molecular weight excluding hydrogens is 354 g/mol. The first-order valence-electron chi connectivity index (χ1n) is 9.09. The number of carbonyl (C=O) groups excluding carboxylic acids is 3. The number of hydrogen-bond acceptors (Lipinski definition) is 3. The lowest BCUT2D eigenvalue weighted by molar-refractivity contribution is -0.135. The van der Waals surface area contributed by atoms with Crippen LogP contribution in [0.4, 0.5) is 4.79 Å². The van der Waals surface area contributed by atoms with Gasteiger partial charge in [-0.2, -0.15) is 0 Å². The lowest BCUT2D eigenvalue weighted by Crippen LogP contribution is -2.55. The molecule has 3 atom stereocenters. The van der Waals surface area contributed by atoms with Gasteiger partial charge < -0.3 is 10.6 Å². The van der Waals surface area contributed by atoms with Crippen molar-refractivity contribution in [1.82, 2.24) is 15.5 Å². The third kappa shape index (κ3) is 4.36. The van der Waals surface area contributed by atoms with Crippen LogP contribution in [0.25, 0.3) is 0 Å². The van der Waals surface area contributed by atoms with Crippen LogP contribution < -0.4 is 10.6 Å². The number of imide groups is 1. The van der Waals surface area contributed by atoms with E-state index in [1.54, 1.807) is 24.3 Å². The van der Waals surface area contributed by atoms with Crippen molar-refractivity contribution >= 4 is 29.4 Å². The lowest BCUT2D eigenvalue weighted by atomic mass is 9.86. The molecule has 0 radical (unpaired) electrons. The fraction of sp³-hybridized carbons (Fsp3) is 0.526. The minimum Gasteiger partial charge on any atom is -0.352 e. The maximum absolute atomic E-state index is 12.4. The summed E-state index contributed by atoms with van der Waals surface area (Å²) in [6.07, 6.45) is 4.46. The first kappa shape index (κ1) is 18.7. The van der Waals surface area contributed by atoms with Crippen LogP contribution in [0.5, 0.6) is 0 Å². The average Bonchev–Trinajstić information content (AvgIpc) is 2.60. The van der Waals surface area contributed by atoms with Gasteiger partial charge in [-0.25, -0.2) is 4.79 Å². The smallest absolute Gasteiger partial charge is 0.325 e. The summed E-state index contributed by atoms with van der Waals surface area (Å²) < 4.78 is 0. The molecular formula is C19H24ClN3O3. The standard InChI is InChI=1S/C19H24ClN3O3/c1-12-4-2-3-5-15(12)21-17(24)11-23-18(25)10-16(22-19(23)26)13-6-8-14(20)9-7-13/h6-9,12,15-16H,2-5,10-11H2,1H3,(H,21,24)(H,22,26)/t12-,15+,16+/m1/s1. The molecule has 1 aromatic carbocycles. The zero-order chi connectivity index (χ0) is 18.7. The Balaban J connectivity index is 1.58. The Kier molecular flexibility index (Phi) is 5.81. The van der Waals surface area contributed by atoms with E-state index in [4.69, 9.17) is 11.6 Å². The number of carbonyl (C=O) groups is 3. The fourth-order valence-electron chi connectivity index (χ4n) is 3.66. The van der Waals surface area contributed by atoms with Crippen molar-refractivity contribution in [3.63, 3.8) is 0 Å². The SMILES string of the molecule is C[C@@H]1CCCC[C@@H]1NC(=O)CN1C(=O)C[C@@H](c2ccc(Cl)cc2)NC1=O. The van der Waals surface area contributed by atoms with Crippen molar-refractivity contribution in [1.29, 1.82) is 0 Å². The van der Waals surface area contributed by atoms with E-state index in [-0.39, 0.29) is 30.8 Å². The molecule has 0 spiro atoms. The zero-order valence-corrected chi connectivity index (χ0v) is 15.6. The second-order valence-corrected chi connectivity index (χ2v) is 7.61. The molecule has 2 N–H and O–H groups in total. The Hall–Kier alpha value is -2.08. The molecule has 6 nitrogen and oxygen atoms in total. The van der Waals surface area contributed by atoms with E-state index in [0.29, 0.717) is 10.9 Å². The Morgan fingerprint density at radius 2 is 1.92 bits per heavy atom. The summed E-state index contributed by atoms with van der Waals surface area (Å²) in [6, 6.07) is 6.21. The molecule has 140 valence electrons. The van der Waals surface area contributed by atoms with Crippen molar-refractivity contribution in [2.75, 3.05) is 6.54 Å². The van der Waals surface area contributed by atoms with Gasteiger partial charge in [-0.3, -0.25) is 14.5 Å². The van der Waals surface area contributed by atoms with Crippen LogP contribution in [0.2, 0.25) is 5.02 Å². The van der Waals surface area contributed by atoms with Crippen LogP contribution in [0, 0.1) is 5.92 Å². The summed E-state index contributed by atoms with van der Waals surface area (Å²) in [5.41, 5.74) is 0.816. The van der Waals surface area contributed by atoms with E-state index in [1.807, 2.05) is 0 Å². The van der Waals surface area contributed by atoms with Crippen LogP contribution in [0.15, 0.2) is 24.3 Å². The van der Waals surface area contributed by atoms with E-state index < -0.39 is 12.1 Å². The van der Waals surface area contributed by atoms with Gasteiger partial charge in [0.1, 0.15) is 6.54 Å². The summed E-state index contributed by atoms with van der Waals surface area (Å²) in [5, 5.41) is 6.37. The number of nitrogens with zero attached hydrogens (tertiary/aromatic N) is 1. The molecule has 1 aliphatic heterocycles. The highest BCUT2D eigenvalue weighted by atomic mass is 35.5. The third-order valence-electron chi connectivity index (χ3n) is 5.25. The number of amides is 4. The predicted octanol–water partition coefficient (Wildman–Crippen LogP) is 3.02. The van der Waals surface area contributed by atoms with E-state index in [0.717, 1.165) is 29.7 Å². The molecule has 7 heteroatoms. The number of hydrogen-bond donors (Lipinski definition) is 2. The van der Waals surface area contributed by atoms with Gasteiger partial charge in [0.05, 0.1) is 12.5 Å². The summed E-state index contributed by atoms with van der Waals surface area (Å²) in [4.78, 5) is 38.0. The van der Waals surface area contributed by atoms with Gasteiger partial charge in [0.15, 0.2) is 0 Å². The molecule has 0 unspecified atom stereocenters. The van der Waals surface area contributed by atoms with Gasteiger partial charge in [-0.15, -0.1) is 0 Å². The van der Waals surface area contributed by atoms with E-state index in [9.17, 15) is 14.4 Å². The maximum Gasteiger partial charge on any atom is 0.325 e. The summed E-state index contributed by atoms with van der Waals surface area (Å²) in [5.74, 6) is -0.203. The molecule has 1 saturated heterocycles. The number of nitrogens with one attached hydrogen (secondary N) is 2. The summed E-state index contributed by atoms with van der Waals surface area (Å²) in [6.45, 7) is 1.89. The van der Waals surface area contributed by atoms with Crippen LogP contribution in [-0.2, 0) is 9.59 Å². The Labute approximate surface area is 158 Å². The quantitative estimate of drug-likeness (QED) is 0.846. The van der Waals surface area contributed by atoms with Gasteiger partial charge in [-0.1, -0.05) is 43.5 Å². The van der Waals surface area contributed by atoms with Gasteiger partial charge >= 0.3 is 6.03 Å². The van der Waals surface area contributed by atoms with Crippen molar-refractivity contribution < 1.29 is 14.4 Å². The zero-order valence-electron chi connectivity index (χ0n) is 14.8. The number of rotatable bonds is 4. The number of urea groups is 1. The normalized spacial score (nSPS) is 26.4. The minimum absolute atomic E-state index is 0.125. The van der Waals surface area contributed by atoms with Gasteiger partial charge in [0.25, 0.3) is 0 Å². The molecule has 2 aliphatic rings. The average molecular weight is 378 g/mol. The monoisotopic (exact) mass is 377 g/mol. The minimum atomic E-state index is -0.534. The third-order valence-corrected chi connectivity index (χ3v) is 5.51. The van der Waals surface area contributed by atoms with Crippen LogP contribution >= 0.6 is 11.6 Å². The van der Waals surface area contributed by atoms with E-state index >= 15 is 0 Å². The van der Waals surface area contributed by atoms with Crippen LogP contribution in [-0.4, -0.2) is 35.3 Å². The van der Waals surface area contributed by atoms with Crippen molar-refractivity contribution in [2.24, 2.45) is 5.92 Å². The first-order valence-corrected chi connectivity index (χ1v) is 9.47. The second-order valence-electron chi connectivity index (χ2n) is 7.17. The number of benzene rings is 1. The molecule has 1 aliphatic carbocycles. The highest BCUT2D eigenvalue weighted by Gasteiger charge is 2.34. The van der Waals surface area contributed by atoms with Crippen molar-refractivity contribution in [3.05, 3.63) is 34.9 Å². The molecule has 4 amide bonds. The maximum atomic E-state index is 12.4. The molecule has 0 aromatic heterocycles.